The van der Waals surface area contributed by atoms with Crippen LogP contribution in [0.15, 0.2) is 10.4 Å². The van der Waals surface area contributed by atoms with E-state index in [-0.39, 0.29) is 8.68 Å². The van der Waals surface area contributed by atoms with Crippen LogP contribution in [0.1, 0.15) is 6.42 Å². The first-order valence-corrected chi connectivity index (χ1v) is 9.17. The van der Waals surface area contributed by atoms with Gasteiger partial charge in [0.1, 0.15) is 0 Å². The molecule has 0 atom stereocenters. The summed E-state index contributed by atoms with van der Waals surface area (Å²) in [6, 6.07) is 0. The van der Waals surface area contributed by atoms with Gasteiger partial charge in [-0.2, -0.15) is 0 Å². The standard InChI is InChI=1S/C11H19ClN4O2S2/c1-15-5-7-16(8-6-15)4-2-3-14-20(17,18)10-9-13-11(12)19-10/h9,14H,2-8H2,1H3. The van der Waals surface area contributed by atoms with Gasteiger partial charge in [-0.3, -0.25) is 0 Å². The summed E-state index contributed by atoms with van der Waals surface area (Å²) in [5, 5.41) is 0. The van der Waals surface area contributed by atoms with E-state index >= 15 is 0 Å². The van der Waals surface area contributed by atoms with Crippen LogP contribution in [0.3, 0.4) is 0 Å². The Morgan fingerprint density at radius 1 is 1.40 bits per heavy atom. The second-order valence-corrected chi connectivity index (χ2v) is 8.44. The normalized spacial score (nSPS) is 18.5. The lowest BCUT2D eigenvalue weighted by molar-refractivity contribution is 0.153. The molecule has 20 heavy (non-hydrogen) atoms. The van der Waals surface area contributed by atoms with Gasteiger partial charge in [-0.05, 0) is 20.0 Å². The molecule has 2 heterocycles. The van der Waals surface area contributed by atoms with Gasteiger partial charge in [-0.25, -0.2) is 18.1 Å². The Kier molecular flexibility index (Phi) is 5.76. The van der Waals surface area contributed by atoms with E-state index in [1.54, 1.807) is 0 Å². The van der Waals surface area contributed by atoms with Crippen molar-refractivity contribution in [2.45, 2.75) is 10.6 Å². The highest BCUT2D eigenvalue weighted by Gasteiger charge is 2.17. The van der Waals surface area contributed by atoms with Gasteiger partial charge in [0.25, 0.3) is 10.0 Å². The van der Waals surface area contributed by atoms with Crippen LogP contribution in [0.4, 0.5) is 0 Å². The molecule has 9 heteroatoms. The maximum absolute atomic E-state index is 11.9. The molecule has 114 valence electrons. The van der Waals surface area contributed by atoms with Crippen molar-refractivity contribution < 1.29 is 8.42 Å². The SMILES string of the molecule is CN1CCN(CCCNS(=O)(=O)c2cnc(Cl)s2)CC1. The summed E-state index contributed by atoms with van der Waals surface area (Å²) in [5.41, 5.74) is 0. The average Bonchev–Trinajstić information content (AvgIpc) is 2.84. The van der Waals surface area contributed by atoms with Gasteiger partial charge in [0, 0.05) is 32.7 Å². The number of aromatic nitrogens is 1. The van der Waals surface area contributed by atoms with Crippen LogP contribution in [-0.2, 0) is 10.0 Å². The third-order valence-electron chi connectivity index (χ3n) is 3.26. The molecule has 1 aliphatic rings. The first-order chi connectivity index (χ1) is 9.47. The van der Waals surface area contributed by atoms with Crippen molar-refractivity contribution in [1.82, 2.24) is 19.5 Å². The van der Waals surface area contributed by atoms with Crippen molar-refractivity contribution in [1.29, 1.82) is 0 Å². The quantitative estimate of drug-likeness (QED) is 0.774. The molecule has 0 bridgehead atoms. The summed E-state index contributed by atoms with van der Waals surface area (Å²) in [6.45, 7) is 5.60. The van der Waals surface area contributed by atoms with Crippen LogP contribution in [0.25, 0.3) is 0 Å². The molecule has 6 nitrogen and oxygen atoms in total. The van der Waals surface area contributed by atoms with Crippen molar-refractivity contribution >= 4 is 33.0 Å². The fourth-order valence-corrected chi connectivity index (χ4v) is 4.43. The van der Waals surface area contributed by atoms with Gasteiger partial charge >= 0.3 is 0 Å². The lowest BCUT2D eigenvalue weighted by atomic mass is 10.3. The van der Waals surface area contributed by atoms with Gasteiger partial charge in [0.15, 0.2) is 8.68 Å². The molecule has 0 aromatic carbocycles. The van der Waals surface area contributed by atoms with Gasteiger partial charge < -0.3 is 9.80 Å². The first-order valence-electron chi connectivity index (χ1n) is 6.49. The fourth-order valence-electron chi connectivity index (χ4n) is 2.02. The predicted octanol–water partition coefficient (Wildman–Crippen LogP) is 0.712. The lowest BCUT2D eigenvalue weighted by Gasteiger charge is -2.32. The fraction of sp³-hybridized carbons (Fsp3) is 0.727. The number of nitrogens with zero attached hydrogens (tertiary/aromatic N) is 3. The first kappa shape index (κ1) is 16.1. The number of thiazole rings is 1. The van der Waals surface area contributed by atoms with Gasteiger partial charge in [-0.1, -0.05) is 22.9 Å². The van der Waals surface area contributed by atoms with Crippen molar-refractivity contribution in [3.63, 3.8) is 0 Å². The maximum atomic E-state index is 11.9. The molecule has 1 saturated heterocycles. The largest absolute Gasteiger partial charge is 0.304 e. The maximum Gasteiger partial charge on any atom is 0.251 e. The minimum atomic E-state index is -3.46. The Labute approximate surface area is 128 Å². The number of sulfonamides is 1. The second-order valence-electron chi connectivity index (χ2n) is 4.83. The van der Waals surface area contributed by atoms with Crippen LogP contribution in [0.2, 0.25) is 4.47 Å². The molecule has 1 aromatic heterocycles. The molecular formula is C11H19ClN4O2S2. The number of hydrogen-bond donors (Lipinski definition) is 1. The monoisotopic (exact) mass is 338 g/mol. The summed E-state index contributed by atoms with van der Waals surface area (Å²) in [6.07, 6.45) is 2.09. The number of hydrogen-bond acceptors (Lipinski definition) is 6. The van der Waals surface area contributed by atoms with E-state index in [0.717, 1.165) is 50.5 Å². The zero-order chi connectivity index (χ0) is 14.6. The van der Waals surface area contributed by atoms with Crippen LogP contribution < -0.4 is 4.72 Å². The van der Waals surface area contributed by atoms with Crippen molar-refractivity contribution in [3.05, 3.63) is 10.7 Å². The van der Waals surface area contributed by atoms with Gasteiger partial charge in [0.05, 0.1) is 6.20 Å². The summed E-state index contributed by atoms with van der Waals surface area (Å²) in [5.74, 6) is 0. The van der Waals surface area contributed by atoms with Crippen LogP contribution >= 0.6 is 22.9 Å². The van der Waals surface area contributed by atoms with Crippen LogP contribution in [-0.4, -0.2) is 69.5 Å². The highest BCUT2D eigenvalue weighted by molar-refractivity contribution is 7.91. The van der Waals surface area contributed by atoms with E-state index in [0.29, 0.717) is 6.54 Å². The zero-order valence-electron chi connectivity index (χ0n) is 11.4. The molecule has 0 amide bonds. The molecular weight excluding hydrogens is 320 g/mol. The second kappa shape index (κ2) is 7.15. The van der Waals surface area contributed by atoms with E-state index in [1.165, 1.54) is 6.20 Å². The summed E-state index contributed by atoms with van der Waals surface area (Å²) >= 11 is 6.61. The number of halogens is 1. The minimum absolute atomic E-state index is 0.169. The molecule has 0 unspecified atom stereocenters. The third kappa shape index (κ3) is 4.64. The van der Waals surface area contributed by atoms with E-state index in [9.17, 15) is 8.42 Å². The Hall–Kier alpha value is -0.250. The minimum Gasteiger partial charge on any atom is -0.304 e. The molecule has 1 fully saturated rings. The average molecular weight is 339 g/mol. The molecule has 2 rings (SSSR count). The Morgan fingerprint density at radius 3 is 2.70 bits per heavy atom. The molecule has 0 radical (unpaired) electrons. The van der Waals surface area contributed by atoms with E-state index < -0.39 is 10.0 Å². The van der Waals surface area contributed by atoms with Crippen LogP contribution in [0.5, 0.6) is 0 Å². The van der Waals surface area contributed by atoms with Gasteiger partial charge in [-0.15, -0.1) is 0 Å². The molecule has 0 aliphatic carbocycles. The molecule has 1 aromatic rings. The Morgan fingerprint density at radius 2 is 2.10 bits per heavy atom. The lowest BCUT2D eigenvalue weighted by Crippen LogP contribution is -2.45. The van der Waals surface area contributed by atoms with E-state index in [1.807, 2.05) is 0 Å². The van der Waals surface area contributed by atoms with Gasteiger partial charge in [0.2, 0.25) is 0 Å². The molecule has 1 aliphatic heterocycles. The number of rotatable bonds is 6. The number of likely N-dealkylation sites (N-methyl/N-ethyl adjacent to an activating group) is 1. The number of piperazine rings is 1. The highest BCUT2D eigenvalue weighted by atomic mass is 35.5. The molecule has 1 N–H and O–H groups in total. The van der Waals surface area contributed by atoms with E-state index in [2.05, 4.69) is 26.6 Å². The summed E-state index contributed by atoms with van der Waals surface area (Å²) in [7, 11) is -1.34. The predicted molar refractivity (Wildman–Crippen MR) is 80.9 cm³/mol. The van der Waals surface area contributed by atoms with E-state index in [4.69, 9.17) is 11.6 Å². The summed E-state index contributed by atoms with van der Waals surface area (Å²) < 4.78 is 26.8. The number of nitrogens with one attached hydrogen (secondary N) is 1. The third-order valence-corrected chi connectivity index (χ3v) is 6.30. The van der Waals surface area contributed by atoms with Crippen molar-refractivity contribution in [2.24, 2.45) is 0 Å². The molecule has 0 spiro atoms. The Bertz CT molecular complexity index is 526. The topological polar surface area (TPSA) is 65.5 Å². The van der Waals surface area contributed by atoms with Crippen LogP contribution in [0, 0.1) is 0 Å². The zero-order valence-corrected chi connectivity index (χ0v) is 13.8. The smallest absolute Gasteiger partial charge is 0.251 e. The highest BCUT2D eigenvalue weighted by Crippen LogP contribution is 2.21. The Balaban J connectivity index is 1.70. The van der Waals surface area contributed by atoms with Crippen molar-refractivity contribution in [2.75, 3.05) is 46.3 Å². The summed E-state index contributed by atoms with van der Waals surface area (Å²) in [4.78, 5) is 8.40. The van der Waals surface area contributed by atoms with Crippen molar-refractivity contribution in [3.8, 4) is 0 Å². The molecule has 0 saturated carbocycles.